The average Bonchev–Trinajstić information content (AvgIpc) is 3.30. The molecule has 4 N–H and O–H groups in total. The van der Waals surface area contributed by atoms with Crippen molar-refractivity contribution in [3.63, 3.8) is 0 Å². The smallest absolute Gasteiger partial charge is 0.323 e. The molecule has 37 heavy (non-hydrogen) atoms. The number of anilines is 1. The Morgan fingerprint density at radius 2 is 1.68 bits per heavy atom. The lowest BCUT2D eigenvalue weighted by Gasteiger charge is -2.32. The number of urea groups is 1. The van der Waals surface area contributed by atoms with Crippen LogP contribution >= 0.6 is 23.2 Å². The van der Waals surface area contributed by atoms with Crippen molar-refractivity contribution in [1.29, 1.82) is 0 Å². The van der Waals surface area contributed by atoms with Crippen molar-refractivity contribution >= 4 is 50.9 Å². The predicted octanol–water partition coefficient (Wildman–Crippen LogP) is 3.52. The highest BCUT2D eigenvalue weighted by atomic mass is 35.5. The summed E-state index contributed by atoms with van der Waals surface area (Å²) in [5.74, 6) is -2.57. The largest absolute Gasteiger partial charge is 0.350 e. The summed E-state index contributed by atoms with van der Waals surface area (Å²) >= 11 is 11.9. The number of carbonyl (C=O) groups excluding carboxylic acids is 2. The van der Waals surface area contributed by atoms with Crippen LogP contribution in [0.3, 0.4) is 0 Å². The molecule has 0 spiro atoms. The molecule has 200 valence electrons. The van der Waals surface area contributed by atoms with E-state index in [1.807, 2.05) is 0 Å². The molecule has 9 nitrogen and oxygen atoms in total. The Bertz CT molecular complexity index is 1310. The van der Waals surface area contributed by atoms with E-state index >= 15 is 0 Å². The number of hydrogen-bond donors (Lipinski definition) is 3. The lowest BCUT2D eigenvalue weighted by Crippen LogP contribution is -2.56. The summed E-state index contributed by atoms with van der Waals surface area (Å²) in [6, 6.07) is 5.16. The van der Waals surface area contributed by atoms with Gasteiger partial charge in [-0.15, -0.1) is 0 Å². The molecule has 1 aliphatic carbocycles. The number of nitrogens with one attached hydrogen (secondary N) is 2. The molecule has 0 aromatic heterocycles. The summed E-state index contributed by atoms with van der Waals surface area (Å²) in [6.45, 7) is -0.377. The van der Waals surface area contributed by atoms with Gasteiger partial charge in [-0.2, -0.15) is 4.31 Å². The summed E-state index contributed by atoms with van der Waals surface area (Å²) in [6.07, 6.45) is 1.01. The summed E-state index contributed by atoms with van der Waals surface area (Å²) in [5.41, 5.74) is 5.62. The Morgan fingerprint density at radius 3 is 2.32 bits per heavy atom. The fraction of sp³-hybridized carbons (Fsp3) is 0.391. The van der Waals surface area contributed by atoms with Crippen LogP contribution in [0, 0.1) is 11.6 Å². The fourth-order valence-corrected chi connectivity index (χ4v) is 6.37. The van der Waals surface area contributed by atoms with Gasteiger partial charge in [-0.1, -0.05) is 23.2 Å². The molecular formula is C23H25Cl2F2N5O4S. The topological polar surface area (TPSA) is 125 Å². The van der Waals surface area contributed by atoms with E-state index in [-0.39, 0.29) is 45.8 Å². The molecule has 0 radical (unpaired) electrons. The highest BCUT2D eigenvalue weighted by molar-refractivity contribution is 7.89. The third kappa shape index (κ3) is 5.99. The van der Waals surface area contributed by atoms with E-state index in [9.17, 15) is 26.8 Å². The standard InChI is InChI=1S/C23H25Cl2F2N5O4S/c24-17-7-6-16(12-18(17)25)37(35,36)32-10-9-31(23(34)30-20-8-1-13(26)11-19(20)27)22(32)21(33)29-15-4-2-14(28)3-5-15/h1,6-8,11-12,14-15,22H,2-5,9-10,28H2,(H,29,33)(H,30,34). The van der Waals surface area contributed by atoms with Crippen molar-refractivity contribution < 1.29 is 26.8 Å². The maximum absolute atomic E-state index is 14.2. The molecule has 14 heteroatoms. The Hall–Kier alpha value is -2.51. The highest BCUT2D eigenvalue weighted by Gasteiger charge is 2.47. The van der Waals surface area contributed by atoms with Crippen molar-refractivity contribution in [2.45, 2.75) is 48.8 Å². The third-order valence-corrected chi connectivity index (χ3v) is 9.00. The van der Waals surface area contributed by atoms with Crippen molar-refractivity contribution in [2.75, 3.05) is 18.4 Å². The number of nitrogens with two attached hydrogens (primary N) is 1. The van der Waals surface area contributed by atoms with Gasteiger partial charge in [-0.25, -0.2) is 22.0 Å². The van der Waals surface area contributed by atoms with Crippen LogP contribution in [0.5, 0.6) is 0 Å². The lowest BCUT2D eigenvalue weighted by atomic mass is 9.92. The molecule has 0 bridgehead atoms. The van der Waals surface area contributed by atoms with E-state index in [2.05, 4.69) is 10.6 Å². The van der Waals surface area contributed by atoms with Gasteiger partial charge < -0.3 is 16.4 Å². The Balaban J connectivity index is 1.63. The normalized spacial score (nSPS) is 22.6. The zero-order chi connectivity index (χ0) is 26.9. The van der Waals surface area contributed by atoms with Crippen molar-refractivity contribution in [3.8, 4) is 0 Å². The first-order valence-electron chi connectivity index (χ1n) is 11.5. The SMILES string of the molecule is NC1CCC(NC(=O)C2N(C(=O)Nc3ccc(F)cc3F)CCN2S(=O)(=O)c2ccc(Cl)c(Cl)c2)CC1. The number of rotatable bonds is 5. The third-order valence-electron chi connectivity index (χ3n) is 6.41. The second kappa shape index (κ2) is 11.1. The van der Waals surface area contributed by atoms with Gasteiger partial charge in [0.15, 0.2) is 6.17 Å². The van der Waals surface area contributed by atoms with E-state index < -0.39 is 39.8 Å². The Morgan fingerprint density at radius 1 is 0.973 bits per heavy atom. The Labute approximate surface area is 222 Å². The van der Waals surface area contributed by atoms with Crippen LogP contribution in [0.2, 0.25) is 10.0 Å². The van der Waals surface area contributed by atoms with E-state index in [1.165, 1.54) is 12.1 Å². The van der Waals surface area contributed by atoms with Crippen molar-refractivity contribution in [3.05, 3.63) is 58.1 Å². The van der Waals surface area contributed by atoms with E-state index in [0.29, 0.717) is 31.7 Å². The Kier molecular flexibility index (Phi) is 8.24. The number of nitrogens with zero attached hydrogens (tertiary/aromatic N) is 2. The number of amides is 3. The van der Waals surface area contributed by atoms with Crippen LogP contribution in [0.1, 0.15) is 25.7 Å². The van der Waals surface area contributed by atoms with Gasteiger partial charge in [-0.3, -0.25) is 9.69 Å². The molecule has 2 aliphatic rings. The molecule has 1 unspecified atom stereocenters. The summed E-state index contributed by atoms with van der Waals surface area (Å²) in [7, 11) is -4.31. The summed E-state index contributed by atoms with van der Waals surface area (Å²) < 4.78 is 55.4. The maximum atomic E-state index is 14.2. The van der Waals surface area contributed by atoms with Crippen molar-refractivity contribution in [2.24, 2.45) is 5.73 Å². The number of hydrogen-bond acceptors (Lipinski definition) is 5. The summed E-state index contributed by atoms with van der Waals surface area (Å²) in [4.78, 5) is 27.3. The molecule has 1 saturated carbocycles. The molecule has 1 heterocycles. The number of carbonyl (C=O) groups is 2. The van der Waals surface area contributed by atoms with Crippen LogP contribution in [0.15, 0.2) is 41.3 Å². The first-order chi connectivity index (χ1) is 17.5. The van der Waals surface area contributed by atoms with E-state index in [1.54, 1.807) is 0 Å². The predicted molar refractivity (Wildman–Crippen MR) is 135 cm³/mol. The molecular weight excluding hydrogens is 551 g/mol. The number of halogens is 4. The molecule has 1 aliphatic heterocycles. The molecule has 4 rings (SSSR count). The second-order valence-corrected chi connectivity index (χ2v) is 11.6. The number of sulfonamides is 1. The number of benzene rings is 2. The molecule has 2 aromatic carbocycles. The van der Waals surface area contributed by atoms with Crippen LogP contribution < -0.4 is 16.4 Å². The maximum Gasteiger partial charge on any atom is 0.323 e. The van der Waals surface area contributed by atoms with Crippen LogP contribution in [0.25, 0.3) is 0 Å². The highest BCUT2D eigenvalue weighted by Crippen LogP contribution is 2.30. The van der Waals surface area contributed by atoms with E-state index in [0.717, 1.165) is 27.4 Å². The average molecular weight is 576 g/mol. The summed E-state index contributed by atoms with van der Waals surface area (Å²) in [5, 5.41) is 5.27. The van der Waals surface area contributed by atoms with Crippen LogP contribution in [0.4, 0.5) is 19.3 Å². The molecule has 2 fully saturated rings. The second-order valence-electron chi connectivity index (χ2n) is 8.93. The minimum Gasteiger partial charge on any atom is -0.350 e. The van der Waals surface area contributed by atoms with Gasteiger partial charge in [0, 0.05) is 31.2 Å². The monoisotopic (exact) mass is 575 g/mol. The molecule has 1 atom stereocenters. The van der Waals surface area contributed by atoms with Crippen molar-refractivity contribution in [1.82, 2.24) is 14.5 Å². The van der Waals surface area contributed by atoms with Gasteiger partial charge in [-0.05, 0) is 56.0 Å². The zero-order valence-corrected chi connectivity index (χ0v) is 21.8. The van der Waals surface area contributed by atoms with E-state index in [4.69, 9.17) is 28.9 Å². The van der Waals surface area contributed by atoms with Crippen LogP contribution in [-0.4, -0.2) is 60.9 Å². The minimum absolute atomic E-state index is 0.00266. The van der Waals surface area contributed by atoms with Gasteiger partial charge in [0.25, 0.3) is 5.91 Å². The van der Waals surface area contributed by atoms with Gasteiger partial charge in [0.1, 0.15) is 11.6 Å². The van der Waals surface area contributed by atoms with Gasteiger partial charge >= 0.3 is 6.03 Å². The van der Waals surface area contributed by atoms with Gasteiger partial charge in [0.05, 0.1) is 20.6 Å². The van der Waals surface area contributed by atoms with Gasteiger partial charge in [0.2, 0.25) is 10.0 Å². The zero-order valence-electron chi connectivity index (χ0n) is 19.5. The molecule has 1 saturated heterocycles. The van der Waals surface area contributed by atoms with Crippen LogP contribution in [-0.2, 0) is 14.8 Å². The quantitative estimate of drug-likeness (QED) is 0.503. The first-order valence-corrected chi connectivity index (χ1v) is 13.7. The fourth-order valence-electron chi connectivity index (χ4n) is 4.43. The minimum atomic E-state index is -4.31. The first kappa shape index (κ1) is 27.5. The molecule has 3 amide bonds. The lowest BCUT2D eigenvalue weighted by molar-refractivity contribution is -0.128. The molecule has 2 aromatic rings.